The minimum atomic E-state index is -1.04. The maximum absolute atomic E-state index is 13.5. The van der Waals surface area contributed by atoms with Crippen LogP contribution < -0.4 is 26.4 Å². The van der Waals surface area contributed by atoms with E-state index < -0.39 is 30.0 Å². The van der Waals surface area contributed by atoms with Gasteiger partial charge >= 0.3 is 6.09 Å². The van der Waals surface area contributed by atoms with E-state index >= 15 is 0 Å². The lowest BCUT2D eigenvalue weighted by atomic mass is 10.0. The highest BCUT2D eigenvalue weighted by Crippen LogP contribution is 2.19. The highest BCUT2D eigenvalue weighted by atomic mass is 16.5. The van der Waals surface area contributed by atoms with Gasteiger partial charge in [-0.1, -0.05) is 91.0 Å². The molecule has 4 aromatic carbocycles. The van der Waals surface area contributed by atoms with Crippen LogP contribution in [0.2, 0.25) is 0 Å². The minimum absolute atomic E-state index is 0.0339. The predicted molar refractivity (Wildman–Crippen MR) is 179 cm³/mol. The van der Waals surface area contributed by atoms with Crippen molar-refractivity contribution in [2.45, 2.75) is 57.9 Å². The Hall–Kier alpha value is -5.64. The Morgan fingerprint density at radius 1 is 0.702 bits per heavy atom. The first kappa shape index (κ1) is 34.2. The van der Waals surface area contributed by atoms with Gasteiger partial charge in [0, 0.05) is 18.5 Å². The number of ether oxygens (including phenoxy) is 2. The molecule has 244 valence electrons. The number of hydrogen-bond donors (Lipinski definition) is 4. The number of anilines is 1. The van der Waals surface area contributed by atoms with Crippen molar-refractivity contribution in [1.29, 1.82) is 0 Å². The van der Waals surface area contributed by atoms with E-state index in [-0.39, 0.29) is 25.4 Å². The molecule has 0 aromatic heterocycles. The average molecular weight is 637 g/mol. The lowest BCUT2D eigenvalue weighted by molar-refractivity contribution is -0.127. The number of amides is 4. The van der Waals surface area contributed by atoms with E-state index in [0.717, 1.165) is 22.3 Å². The molecule has 0 bridgehead atoms. The van der Waals surface area contributed by atoms with E-state index in [1.165, 1.54) is 0 Å². The van der Waals surface area contributed by atoms with Gasteiger partial charge < -0.3 is 31.2 Å². The van der Waals surface area contributed by atoms with Gasteiger partial charge in [0.2, 0.25) is 17.7 Å². The zero-order chi connectivity index (χ0) is 33.4. The number of carbonyl (C=O) groups excluding carboxylic acids is 4. The molecule has 10 heteroatoms. The largest absolute Gasteiger partial charge is 0.489 e. The monoisotopic (exact) mass is 636 g/mol. The second-order valence-electron chi connectivity index (χ2n) is 11.1. The van der Waals surface area contributed by atoms with E-state index in [2.05, 4.69) is 16.0 Å². The summed E-state index contributed by atoms with van der Waals surface area (Å²) in [6.07, 6.45) is 0.706. The molecule has 0 fully saturated rings. The lowest BCUT2D eigenvalue weighted by Gasteiger charge is -2.22. The Morgan fingerprint density at radius 3 is 1.98 bits per heavy atom. The molecule has 0 aliphatic heterocycles. The molecule has 0 aliphatic carbocycles. The maximum Gasteiger partial charge on any atom is 0.408 e. The molecule has 2 atom stereocenters. The van der Waals surface area contributed by atoms with E-state index in [0.29, 0.717) is 30.9 Å². The topological polar surface area (TPSA) is 149 Å². The molecule has 10 nitrogen and oxygen atoms in total. The number of para-hydroxylation sites is 1. The number of aryl methyl sites for hydroxylation is 1. The molecule has 0 saturated carbocycles. The van der Waals surface area contributed by atoms with Gasteiger partial charge in [-0.15, -0.1) is 0 Å². The van der Waals surface area contributed by atoms with Crippen LogP contribution in [-0.2, 0) is 45.2 Å². The van der Waals surface area contributed by atoms with Crippen LogP contribution in [0, 0.1) is 0 Å². The van der Waals surface area contributed by atoms with Gasteiger partial charge in [0.05, 0.1) is 0 Å². The minimum Gasteiger partial charge on any atom is -0.489 e. The third kappa shape index (κ3) is 11.7. The summed E-state index contributed by atoms with van der Waals surface area (Å²) < 4.78 is 11.2. The number of nitrogens with one attached hydrogen (secondary N) is 3. The predicted octanol–water partition coefficient (Wildman–Crippen LogP) is 5.05. The summed E-state index contributed by atoms with van der Waals surface area (Å²) in [5.41, 5.74) is 9.29. The van der Waals surface area contributed by atoms with Crippen molar-refractivity contribution in [3.63, 3.8) is 0 Å². The maximum atomic E-state index is 13.5. The van der Waals surface area contributed by atoms with Crippen molar-refractivity contribution in [3.05, 3.63) is 131 Å². The second-order valence-corrected chi connectivity index (χ2v) is 11.1. The number of hydrogen-bond acceptors (Lipinski definition) is 6. The van der Waals surface area contributed by atoms with Crippen LogP contribution in [0.25, 0.3) is 0 Å². The molecular weight excluding hydrogens is 596 g/mol. The third-order valence-electron chi connectivity index (χ3n) is 7.33. The number of carbonyl (C=O) groups is 4. The van der Waals surface area contributed by atoms with E-state index in [1.807, 2.05) is 84.9 Å². The summed E-state index contributed by atoms with van der Waals surface area (Å²) in [4.78, 5) is 50.5. The Bertz CT molecular complexity index is 1610. The van der Waals surface area contributed by atoms with Gasteiger partial charge in [-0.25, -0.2) is 4.79 Å². The zero-order valence-corrected chi connectivity index (χ0v) is 26.3. The van der Waals surface area contributed by atoms with Gasteiger partial charge in [-0.2, -0.15) is 0 Å². The van der Waals surface area contributed by atoms with Gasteiger partial charge in [-0.3, -0.25) is 14.4 Å². The molecule has 47 heavy (non-hydrogen) atoms. The molecule has 5 N–H and O–H groups in total. The molecule has 0 heterocycles. The first-order chi connectivity index (χ1) is 22.8. The average Bonchev–Trinajstić information content (AvgIpc) is 3.08. The standard InChI is InChI=1S/C37H40N4O6/c1-26(35(43)40-32-17-9-8-15-30(32)16-10-18-34(38)42)39-36(44)33(41-37(45)47-25-29-13-6-3-7-14-29)23-27-19-21-31(22-20-27)46-24-28-11-4-2-5-12-28/h2-9,11-15,17,19-22,26,33H,10,16,18,23-25H2,1H3,(H2,38,42)(H,39,44)(H,40,43)(H,41,45)/t26-,33+/m1/s1. The van der Waals surface area contributed by atoms with Crippen molar-refractivity contribution in [3.8, 4) is 5.75 Å². The van der Waals surface area contributed by atoms with Gasteiger partial charge in [0.25, 0.3) is 0 Å². The summed E-state index contributed by atoms with van der Waals surface area (Å²) in [7, 11) is 0. The van der Waals surface area contributed by atoms with Crippen molar-refractivity contribution in [2.75, 3.05) is 5.32 Å². The summed E-state index contributed by atoms with van der Waals surface area (Å²) >= 11 is 0. The van der Waals surface area contributed by atoms with Gasteiger partial charge in [0.1, 0.15) is 31.0 Å². The molecule has 0 spiro atoms. The molecule has 0 aliphatic rings. The molecule has 0 saturated heterocycles. The second kappa shape index (κ2) is 17.7. The van der Waals surface area contributed by atoms with E-state index in [9.17, 15) is 19.2 Å². The number of nitrogens with two attached hydrogens (primary N) is 1. The van der Waals surface area contributed by atoms with Crippen LogP contribution >= 0.6 is 0 Å². The highest BCUT2D eigenvalue weighted by molar-refractivity contribution is 5.98. The number of benzene rings is 4. The molecule has 0 radical (unpaired) electrons. The Kier molecular flexibility index (Phi) is 12.9. The number of alkyl carbamates (subject to hydrolysis) is 1. The fraction of sp³-hybridized carbons (Fsp3) is 0.243. The van der Waals surface area contributed by atoms with Gasteiger partial charge in [0.15, 0.2) is 0 Å². The summed E-state index contributed by atoms with van der Waals surface area (Å²) in [5.74, 6) is -0.717. The molecule has 0 unspecified atom stereocenters. The Morgan fingerprint density at radius 2 is 1.32 bits per heavy atom. The summed E-state index contributed by atoms with van der Waals surface area (Å²) in [5, 5.41) is 8.23. The lowest BCUT2D eigenvalue weighted by Crippen LogP contribution is -2.52. The zero-order valence-electron chi connectivity index (χ0n) is 26.3. The van der Waals surface area contributed by atoms with Crippen LogP contribution in [0.3, 0.4) is 0 Å². The first-order valence-corrected chi connectivity index (χ1v) is 15.5. The summed E-state index contributed by atoms with van der Waals surface area (Å²) in [6, 6.07) is 31.5. The van der Waals surface area contributed by atoms with Crippen LogP contribution in [0.5, 0.6) is 5.75 Å². The number of rotatable bonds is 16. The van der Waals surface area contributed by atoms with Crippen LogP contribution in [0.4, 0.5) is 10.5 Å². The number of primary amides is 1. The van der Waals surface area contributed by atoms with Crippen LogP contribution in [0.1, 0.15) is 42.0 Å². The SMILES string of the molecule is C[C@@H](NC(=O)[C@H](Cc1ccc(OCc2ccccc2)cc1)NC(=O)OCc1ccccc1)C(=O)Nc1ccccc1CCCC(N)=O. The molecular formula is C37H40N4O6. The molecule has 4 aromatic rings. The Labute approximate surface area is 274 Å². The van der Waals surface area contributed by atoms with E-state index in [1.54, 1.807) is 31.2 Å². The van der Waals surface area contributed by atoms with Crippen molar-refractivity contribution in [1.82, 2.24) is 10.6 Å². The van der Waals surface area contributed by atoms with Crippen molar-refractivity contribution >= 4 is 29.5 Å². The first-order valence-electron chi connectivity index (χ1n) is 15.5. The van der Waals surface area contributed by atoms with Crippen molar-refractivity contribution < 1.29 is 28.7 Å². The van der Waals surface area contributed by atoms with Crippen LogP contribution in [0.15, 0.2) is 109 Å². The van der Waals surface area contributed by atoms with Gasteiger partial charge in [-0.05, 0) is 60.2 Å². The molecule has 4 rings (SSSR count). The van der Waals surface area contributed by atoms with Crippen molar-refractivity contribution in [2.24, 2.45) is 5.73 Å². The fourth-order valence-electron chi connectivity index (χ4n) is 4.75. The highest BCUT2D eigenvalue weighted by Gasteiger charge is 2.26. The smallest absolute Gasteiger partial charge is 0.408 e. The molecule has 4 amide bonds. The Balaban J connectivity index is 1.39. The fourth-order valence-corrected chi connectivity index (χ4v) is 4.75. The van der Waals surface area contributed by atoms with Crippen LogP contribution in [-0.4, -0.2) is 35.9 Å². The normalized spacial score (nSPS) is 11.9. The third-order valence-corrected chi connectivity index (χ3v) is 7.33. The quantitative estimate of drug-likeness (QED) is 0.135. The van der Waals surface area contributed by atoms with E-state index in [4.69, 9.17) is 15.2 Å². The summed E-state index contributed by atoms with van der Waals surface area (Å²) in [6.45, 7) is 2.01.